The molecule has 2 aromatic carbocycles. The molecule has 0 aliphatic rings. The molecule has 1 atom stereocenters. The molecule has 0 saturated carbocycles. The van der Waals surface area contributed by atoms with Crippen LogP contribution in [0.15, 0.2) is 48.5 Å². The summed E-state index contributed by atoms with van der Waals surface area (Å²) in [4.78, 5) is 11.0. The Hall–Kier alpha value is -1.64. The maximum atomic E-state index is 11.0. The van der Waals surface area contributed by atoms with Gasteiger partial charge in [-0.3, -0.25) is 4.79 Å². The van der Waals surface area contributed by atoms with Gasteiger partial charge in [-0.2, -0.15) is 0 Å². The van der Waals surface area contributed by atoms with Crippen molar-refractivity contribution >= 4 is 5.97 Å². The maximum absolute atomic E-state index is 11.0. The maximum Gasteiger partial charge on any atom is 0.308 e. The average Bonchev–Trinajstić information content (AvgIpc) is 2.54. The summed E-state index contributed by atoms with van der Waals surface area (Å²) in [5.74, 6) is 0.911. The van der Waals surface area contributed by atoms with Crippen molar-refractivity contribution in [1.82, 2.24) is 0 Å². The molecule has 1 N–H and O–H groups in total. The molecule has 0 bridgehead atoms. The van der Waals surface area contributed by atoms with E-state index in [1.165, 1.54) is 6.92 Å². The van der Waals surface area contributed by atoms with Crippen LogP contribution in [0, 0.1) is 0 Å². The summed E-state index contributed by atoms with van der Waals surface area (Å²) in [6.45, 7) is 3.30. The number of rotatable bonds is 5. The van der Waals surface area contributed by atoms with Crippen LogP contribution in [-0.2, 0) is 31.3 Å². The van der Waals surface area contributed by atoms with E-state index in [2.05, 4.69) is 0 Å². The second-order valence-electron chi connectivity index (χ2n) is 5.34. The van der Waals surface area contributed by atoms with Crippen LogP contribution in [-0.4, -0.2) is 24.8 Å². The van der Waals surface area contributed by atoms with Gasteiger partial charge in [-0.1, -0.05) is 24.3 Å². The molecule has 0 fully saturated rings. The minimum atomic E-state index is -0.541. The first-order chi connectivity index (χ1) is 10.5. The Bertz CT molecular complexity index is 637. The molecule has 0 aliphatic carbocycles. The molecule has 1 unspecified atom stereocenters. The Morgan fingerprint density at radius 1 is 1.00 bits per heavy atom. The number of hydrogen-bond acceptors (Lipinski definition) is 4. The molecule has 4 nitrogen and oxygen atoms in total. The Balaban J connectivity index is 0.00000264. The topological polar surface area (TPSA) is 55.8 Å². The quantitative estimate of drug-likeness (QED) is 0.524. The van der Waals surface area contributed by atoms with Gasteiger partial charge < -0.3 is 14.6 Å². The van der Waals surface area contributed by atoms with Gasteiger partial charge in [0.15, 0.2) is 0 Å². The number of aliphatic hydroxyl groups is 1. The van der Waals surface area contributed by atoms with E-state index >= 15 is 0 Å². The van der Waals surface area contributed by atoms with Gasteiger partial charge in [-0.25, -0.2) is 0 Å². The number of benzene rings is 2. The molecule has 122 valence electrons. The molecular formula is C18H20O4W. The van der Waals surface area contributed by atoms with Crippen molar-refractivity contribution < 1.29 is 40.4 Å². The Morgan fingerprint density at radius 2 is 1.43 bits per heavy atom. The molecule has 0 spiro atoms. The van der Waals surface area contributed by atoms with Crippen molar-refractivity contribution in [1.29, 1.82) is 0 Å². The number of aliphatic hydroxyl groups excluding tert-OH is 1. The van der Waals surface area contributed by atoms with E-state index in [1.54, 1.807) is 19.2 Å². The minimum absolute atomic E-state index is 0. The van der Waals surface area contributed by atoms with Crippen molar-refractivity contribution in [2.75, 3.05) is 13.7 Å². The fourth-order valence-electron chi connectivity index (χ4n) is 2.36. The second kappa shape index (κ2) is 8.28. The van der Waals surface area contributed by atoms with Crippen molar-refractivity contribution in [3.8, 4) is 11.5 Å². The van der Waals surface area contributed by atoms with Crippen LogP contribution in [0.25, 0.3) is 0 Å². The van der Waals surface area contributed by atoms with Gasteiger partial charge in [-0.15, -0.1) is 0 Å². The summed E-state index contributed by atoms with van der Waals surface area (Å²) < 4.78 is 10.2. The van der Waals surface area contributed by atoms with Crippen molar-refractivity contribution in [3.05, 3.63) is 59.7 Å². The number of carbonyl (C=O) groups excluding carboxylic acids is 1. The van der Waals surface area contributed by atoms with E-state index in [0.29, 0.717) is 5.75 Å². The number of ether oxygens (including phenoxy) is 2. The van der Waals surface area contributed by atoms with E-state index < -0.39 is 5.41 Å². The number of carbonyl (C=O) groups is 1. The predicted octanol–water partition coefficient (Wildman–Crippen LogP) is 2.92. The Morgan fingerprint density at radius 3 is 1.78 bits per heavy atom. The molecule has 2 aromatic rings. The van der Waals surface area contributed by atoms with Crippen LogP contribution in [0.5, 0.6) is 11.5 Å². The number of methoxy groups -OCH3 is 1. The molecule has 2 rings (SSSR count). The molecule has 23 heavy (non-hydrogen) atoms. The normalized spacial score (nSPS) is 12.7. The fraction of sp³-hybridized carbons (Fsp3) is 0.278. The first kappa shape index (κ1) is 19.4. The minimum Gasteiger partial charge on any atom is -0.497 e. The van der Waals surface area contributed by atoms with Gasteiger partial charge in [0, 0.05) is 33.4 Å². The van der Waals surface area contributed by atoms with Gasteiger partial charge in [0.25, 0.3) is 0 Å². The molecular weight excluding hydrogens is 464 g/mol. The van der Waals surface area contributed by atoms with Gasteiger partial charge in [-0.05, 0) is 42.3 Å². The predicted molar refractivity (Wildman–Crippen MR) is 84.3 cm³/mol. The van der Waals surface area contributed by atoms with Crippen molar-refractivity contribution in [3.63, 3.8) is 0 Å². The van der Waals surface area contributed by atoms with Crippen molar-refractivity contribution in [2.45, 2.75) is 19.3 Å². The number of esters is 1. The van der Waals surface area contributed by atoms with E-state index in [0.717, 1.165) is 16.9 Å². The van der Waals surface area contributed by atoms with Crippen molar-refractivity contribution in [2.24, 2.45) is 0 Å². The first-order valence-corrected chi connectivity index (χ1v) is 7.04. The van der Waals surface area contributed by atoms with Gasteiger partial charge >= 0.3 is 5.97 Å². The molecule has 0 radical (unpaired) electrons. The standard InChI is InChI=1S/C18H20O4.W/c1-13(20)22-17-10-6-15(7-11-17)18(2,12-19)14-4-8-16(21-3)9-5-14;/h4-11,19H,12H2,1-3H3;. The van der Waals surface area contributed by atoms with E-state index in [4.69, 9.17) is 9.47 Å². The van der Waals surface area contributed by atoms with Crippen LogP contribution in [0.1, 0.15) is 25.0 Å². The molecule has 5 heteroatoms. The van der Waals surface area contributed by atoms with Crippen LogP contribution in [0.4, 0.5) is 0 Å². The summed E-state index contributed by atoms with van der Waals surface area (Å²) in [7, 11) is 1.62. The van der Waals surface area contributed by atoms with Crippen LogP contribution in [0.2, 0.25) is 0 Å². The third-order valence-electron chi connectivity index (χ3n) is 3.80. The summed E-state index contributed by atoms with van der Waals surface area (Å²) in [5.41, 5.74) is 1.38. The molecule has 0 aromatic heterocycles. The molecule has 0 heterocycles. The van der Waals surface area contributed by atoms with E-state index in [-0.39, 0.29) is 33.6 Å². The largest absolute Gasteiger partial charge is 0.497 e. The van der Waals surface area contributed by atoms with Gasteiger partial charge in [0.1, 0.15) is 11.5 Å². The van der Waals surface area contributed by atoms with Gasteiger partial charge in [0.05, 0.1) is 13.7 Å². The Kier molecular flexibility index (Phi) is 6.98. The van der Waals surface area contributed by atoms with E-state index in [9.17, 15) is 9.90 Å². The smallest absolute Gasteiger partial charge is 0.308 e. The SMILES string of the molecule is COc1ccc(C(C)(CO)c2ccc(OC(C)=O)cc2)cc1.[W]. The monoisotopic (exact) mass is 484 g/mol. The van der Waals surface area contributed by atoms with Crippen LogP contribution < -0.4 is 9.47 Å². The third-order valence-corrected chi connectivity index (χ3v) is 3.80. The van der Waals surface area contributed by atoms with Gasteiger partial charge in [0.2, 0.25) is 0 Å². The zero-order valence-electron chi connectivity index (χ0n) is 13.4. The zero-order valence-corrected chi connectivity index (χ0v) is 16.3. The first-order valence-electron chi connectivity index (χ1n) is 7.04. The fourth-order valence-corrected chi connectivity index (χ4v) is 2.36. The summed E-state index contributed by atoms with van der Waals surface area (Å²) in [6.07, 6.45) is 0. The van der Waals surface area contributed by atoms with Crippen LogP contribution in [0.3, 0.4) is 0 Å². The second-order valence-corrected chi connectivity index (χ2v) is 5.34. The molecule has 0 amide bonds. The number of hydrogen-bond donors (Lipinski definition) is 1. The summed E-state index contributed by atoms with van der Waals surface area (Å²) in [6, 6.07) is 14.8. The molecule has 0 aliphatic heterocycles. The average molecular weight is 484 g/mol. The molecule has 0 saturated heterocycles. The third kappa shape index (κ3) is 4.43. The van der Waals surface area contributed by atoms with E-state index in [1.807, 2.05) is 43.3 Å². The zero-order chi connectivity index (χ0) is 16.2. The Labute approximate surface area is 150 Å². The van der Waals surface area contributed by atoms with Crippen LogP contribution >= 0.6 is 0 Å². The summed E-state index contributed by atoms with van der Waals surface area (Å²) in [5, 5.41) is 9.92. The summed E-state index contributed by atoms with van der Waals surface area (Å²) >= 11 is 0.